The molecule has 0 spiro atoms. The first-order chi connectivity index (χ1) is 17.6. The van der Waals surface area contributed by atoms with Gasteiger partial charge < -0.3 is 19.9 Å². The van der Waals surface area contributed by atoms with Crippen LogP contribution in [0.3, 0.4) is 0 Å². The Bertz CT molecular complexity index is 1150. The number of halogens is 1. The number of nitrogens with one attached hydrogen (secondary N) is 1. The molecule has 1 fully saturated rings. The van der Waals surface area contributed by atoms with E-state index in [1.54, 1.807) is 30.0 Å². The molecule has 0 unspecified atom stereocenters. The van der Waals surface area contributed by atoms with E-state index in [0.717, 1.165) is 11.3 Å². The van der Waals surface area contributed by atoms with Crippen LogP contribution in [0, 0.1) is 5.82 Å². The Morgan fingerprint density at radius 2 is 2.05 bits per heavy atom. The van der Waals surface area contributed by atoms with Crippen molar-refractivity contribution in [2.45, 2.75) is 69.8 Å². The molecule has 37 heavy (non-hydrogen) atoms. The molecule has 1 aromatic carbocycles. The van der Waals surface area contributed by atoms with Crippen LogP contribution in [0.25, 0.3) is 0 Å². The van der Waals surface area contributed by atoms with Gasteiger partial charge in [0, 0.05) is 36.2 Å². The van der Waals surface area contributed by atoms with E-state index in [1.807, 2.05) is 0 Å². The predicted molar refractivity (Wildman–Crippen MR) is 141 cm³/mol. The lowest BCUT2D eigenvalue weighted by atomic mass is 9.99. The third-order valence-corrected chi connectivity index (χ3v) is 7.75. The quantitative estimate of drug-likeness (QED) is 0.372. The van der Waals surface area contributed by atoms with Gasteiger partial charge in [-0.15, -0.1) is 0 Å². The molecule has 2 aliphatic heterocycles. The molecular weight excluding hydrogens is 495 g/mol. The van der Waals surface area contributed by atoms with E-state index in [4.69, 9.17) is 9.47 Å². The van der Waals surface area contributed by atoms with Gasteiger partial charge in [-0.1, -0.05) is 26.8 Å². The Hall–Kier alpha value is -2.49. The van der Waals surface area contributed by atoms with Crippen molar-refractivity contribution < 1.29 is 28.6 Å². The zero-order chi connectivity index (χ0) is 26.6. The number of ether oxygens (including phenoxy) is 2. The molecule has 0 bridgehead atoms. The average molecular weight is 531 g/mol. The number of hydrogen-bond acceptors (Lipinski definition) is 7. The molecule has 0 radical (unpaired) electrons. The van der Waals surface area contributed by atoms with Crippen molar-refractivity contribution in [1.29, 1.82) is 0 Å². The Morgan fingerprint density at radius 3 is 2.78 bits per heavy atom. The maximum atomic E-state index is 14.9. The van der Waals surface area contributed by atoms with Crippen LogP contribution in [-0.4, -0.2) is 64.2 Å². The number of aliphatic hydroxyl groups excluding tert-OH is 1. The Labute approximate surface area is 221 Å². The number of Topliss-reactive ketones (excluding diaryl/α,β-unsaturated/α-hetero) is 1. The molecule has 4 rings (SSSR count). The molecule has 2 aliphatic rings. The summed E-state index contributed by atoms with van der Waals surface area (Å²) >= 11 is 1.79. The van der Waals surface area contributed by atoms with Crippen molar-refractivity contribution in [1.82, 2.24) is 10.3 Å². The van der Waals surface area contributed by atoms with E-state index in [2.05, 4.69) is 31.1 Å². The maximum Gasteiger partial charge on any atom is 0.270 e. The number of thioether (sulfide) groups is 1. The molecule has 7 nitrogen and oxygen atoms in total. The number of hydrogen-bond donors (Lipinski definition) is 2. The molecule has 2 aromatic rings. The van der Waals surface area contributed by atoms with Crippen LogP contribution in [0.2, 0.25) is 0 Å². The number of amides is 1. The SMILES string of the molecule is CC(C)(C)SCCCC(=O)c1ccc(Cc2cc(C(=O)N[C@H]3CCOC[C@@H]3O)nc3c2OCC3)cc1F. The lowest BCUT2D eigenvalue weighted by Gasteiger charge is -2.28. The second-order valence-electron chi connectivity index (χ2n) is 10.5. The summed E-state index contributed by atoms with van der Waals surface area (Å²) in [5, 5.41) is 13.0. The number of carbonyl (C=O) groups excluding carboxylic acids is 2. The van der Waals surface area contributed by atoms with E-state index >= 15 is 0 Å². The number of pyridine rings is 1. The minimum absolute atomic E-state index is 0.107. The molecule has 0 saturated carbocycles. The third kappa shape index (κ3) is 7.30. The van der Waals surface area contributed by atoms with Crippen molar-refractivity contribution in [2.75, 3.05) is 25.6 Å². The topological polar surface area (TPSA) is 97.8 Å². The lowest BCUT2D eigenvalue weighted by molar-refractivity contribution is -0.0261. The summed E-state index contributed by atoms with van der Waals surface area (Å²) in [6.45, 7) is 7.52. The first-order valence-corrected chi connectivity index (χ1v) is 13.8. The zero-order valence-corrected chi connectivity index (χ0v) is 22.5. The van der Waals surface area contributed by atoms with E-state index in [9.17, 15) is 19.1 Å². The summed E-state index contributed by atoms with van der Waals surface area (Å²) in [6.07, 6.45) is 1.69. The number of rotatable bonds is 9. The van der Waals surface area contributed by atoms with Crippen molar-refractivity contribution in [3.05, 3.63) is 58.2 Å². The Balaban J connectivity index is 1.45. The fraction of sp³-hybridized carbons (Fsp3) is 0.536. The van der Waals surface area contributed by atoms with Crippen molar-refractivity contribution in [3.8, 4) is 5.75 Å². The number of aliphatic hydroxyl groups is 1. The van der Waals surface area contributed by atoms with Crippen LogP contribution in [0.15, 0.2) is 24.3 Å². The van der Waals surface area contributed by atoms with E-state index in [1.165, 1.54) is 6.07 Å². The Morgan fingerprint density at radius 1 is 1.24 bits per heavy atom. The minimum Gasteiger partial charge on any atom is -0.491 e. The first-order valence-electron chi connectivity index (χ1n) is 12.8. The van der Waals surface area contributed by atoms with Gasteiger partial charge in [-0.05, 0) is 42.4 Å². The molecule has 9 heteroatoms. The van der Waals surface area contributed by atoms with Gasteiger partial charge in [0.1, 0.15) is 17.3 Å². The van der Waals surface area contributed by atoms with Gasteiger partial charge in [-0.3, -0.25) is 9.59 Å². The highest BCUT2D eigenvalue weighted by Crippen LogP contribution is 2.31. The highest BCUT2D eigenvalue weighted by Gasteiger charge is 2.28. The van der Waals surface area contributed by atoms with Gasteiger partial charge in [0.25, 0.3) is 5.91 Å². The van der Waals surface area contributed by atoms with Gasteiger partial charge in [-0.2, -0.15) is 11.8 Å². The molecule has 2 N–H and O–H groups in total. The molecule has 1 saturated heterocycles. The molecule has 2 atom stereocenters. The summed E-state index contributed by atoms with van der Waals surface area (Å²) in [6, 6.07) is 5.95. The van der Waals surface area contributed by atoms with Gasteiger partial charge >= 0.3 is 0 Å². The van der Waals surface area contributed by atoms with Gasteiger partial charge in [0.2, 0.25) is 0 Å². The summed E-state index contributed by atoms with van der Waals surface area (Å²) in [5.74, 6) is 0.370. The average Bonchev–Trinajstić information content (AvgIpc) is 3.32. The minimum atomic E-state index is -0.767. The van der Waals surface area contributed by atoms with Gasteiger partial charge in [-0.25, -0.2) is 9.37 Å². The second-order valence-corrected chi connectivity index (χ2v) is 12.5. The summed E-state index contributed by atoms with van der Waals surface area (Å²) < 4.78 is 26.1. The standard InChI is InChI=1S/C28H35FN2O5S/c1-28(2,3)37-12-4-5-24(32)19-7-6-17(14-20(19)29)13-18-15-23(30-22-9-11-36-26(18)22)27(34)31-21-8-10-35-16-25(21)33/h6-7,14-15,21,25,33H,4-5,8-13,16H2,1-3H3,(H,31,34)/t21-,25-/m0/s1. The van der Waals surface area contributed by atoms with Crippen molar-refractivity contribution >= 4 is 23.5 Å². The second kappa shape index (κ2) is 11.9. The predicted octanol–water partition coefficient (Wildman–Crippen LogP) is 4.12. The molecule has 1 amide bonds. The lowest BCUT2D eigenvalue weighted by Crippen LogP contribution is -2.48. The number of carbonyl (C=O) groups is 2. The summed E-state index contributed by atoms with van der Waals surface area (Å²) in [4.78, 5) is 30.0. The monoisotopic (exact) mass is 530 g/mol. The number of benzene rings is 1. The first kappa shape index (κ1) is 27.5. The molecule has 3 heterocycles. The van der Waals surface area contributed by atoms with E-state index in [0.29, 0.717) is 62.3 Å². The normalized spacial score (nSPS) is 19.3. The zero-order valence-electron chi connectivity index (χ0n) is 21.6. The summed E-state index contributed by atoms with van der Waals surface area (Å²) in [5.41, 5.74) is 2.44. The summed E-state index contributed by atoms with van der Waals surface area (Å²) in [7, 11) is 0. The van der Waals surface area contributed by atoms with Crippen LogP contribution in [0.1, 0.15) is 77.7 Å². The number of ketones is 1. The highest BCUT2D eigenvalue weighted by atomic mass is 32.2. The van der Waals surface area contributed by atoms with Gasteiger partial charge in [0.15, 0.2) is 5.78 Å². The Kier molecular flexibility index (Phi) is 8.87. The number of nitrogens with zero attached hydrogens (tertiary/aromatic N) is 1. The number of aromatic nitrogens is 1. The van der Waals surface area contributed by atoms with E-state index < -0.39 is 18.0 Å². The van der Waals surface area contributed by atoms with Crippen LogP contribution < -0.4 is 10.1 Å². The van der Waals surface area contributed by atoms with Gasteiger partial charge in [0.05, 0.1) is 36.6 Å². The van der Waals surface area contributed by atoms with Crippen LogP contribution in [-0.2, 0) is 17.6 Å². The fourth-order valence-electron chi connectivity index (χ4n) is 4.48. The van der Waals surface area contributed by atoms with E-state index in [-0.39, 0.29) is 34.3 Å². The largest absolute Gasteiger partial charge is 0.491 e. The smallest absolute Gasteiger partial charge is 0.270 e. The van der Waals surface area contributed by atoms with Crippen molar-refractivity contribution in [3.63, 3.8) is 0 Å². The molecular formula is C28H35FN2O5S. The third-order valence-electron chi connectivity index (χ3n) is 6.39. The molecule has 200 valence electrons. The molecule has 0 aliphatic carbocycles. The van der Waals surface area contributed by atoms with Crippen LogP contribution in [0.4, 0.5) is 4.39 Å². The molecule has 1 aromatic heterocycles. The van der Waals surface area contributed by atoms with Crippen LogP contribution >= 0.6 is 11.8 Å². The fourth-order valence-corrected chi connectivity index (χ4v) is 5.38. The maximum absolute atomic E-state index is 14.9. The van der Waals surface area contributed by atoms with Crippen molar-refractivity contribution in [2.24, 2.45) is 0 Å². The number of fused-ring (bicyclic) bond motifs is 1. The van der Waals surface area contributed by atoms with Crippen LogP contribution in [0.5, 0.6) is 5.75 Å². The highest BCUT2D eigenvalue weighted by molar-refractivity contribution is 8.00.